The maximum atomic E-state index is 13.4. The number of Topliss-reactive ketones (excluding diaryl/α,β-unsaturated/α-hetero) is 1. The summed E-state index contributed by atoms with van der Waals surface area (Å²) in [5, 5.41) is 23.6. The van der Waals surface area contributed by atoms with Crippen LogP contribution >= 0.6 is 0 Å². The zero-order valence-electron chi connectivity index (χ0n) is 18.9. The summed E-state index contributed by atoms with van der Waals surface area (Å²) in [5.41, 5.74) is 2.11. The molecule has 6 rings (SSSR count). The molecule has 0 spiro atoms. The molecular weight excluding hydrogens is 430 g/mol. The highest BCUT2D eigenvalue weighted by molar-refractivity contribution is 5.97. The summed E-state index contributed by atoms with van der Waals surface area (Å²) in [7, 11) is 0. The predicted molar refractivity (Wildman–Crippen MR) is 129 cm³/mol. The highest BCUT2D eigenvalue weighted by atomic mass is 16.6. The number of aliphatic hydroxyl groups is 1. The van der Waals surface area contributed by atoms with E-state index in [0.29, 0.717) is 21.9 Å². The van der Waals surface area contributed by atoms with E-state index in [9.17, 15) is 20.0 Å². The van der Waals surface area contributed by atoms with Gasteiger partial charge in [0.25, 0.3) is 5.69 Å². The summed E-state index contributed by atoms with van der Waals surface area (Å²) in [6, 6.07) is 15.4. The maximum absolute atomic E-state index is 13.4. The summed E-state index contributed by atoms with van der Waals surface area (Å²) < 4.78 is 0.501. The van der Waals surface area contributed by atoms with Crippen LogP contribution in [0.3, 0.4) is 0 Å². The molecule has 3 aliphatic heterocycles. The fourth-order valence-electron chi connectivity index (χ4n) is 6.11. The van der Waals surface area contributed by atoms with E-state index in [0.717, 1.165) is 42.4 Å². The van der Waals surface area contributed by atoms with Crippen LogP contribution in [0.15, 0.2) is 73.4 Å². The minimum Gasteiger partial charge on any atom is -0.382 e. The highest BCUT2D eigenvalue weighted by Crippen LogP contribution is 2.47. The molecule has 5 atom stereocenters. The van der Waals surface area contributed by atoms with Crippen molar-refractivity contribution in [3.63, 3.8) is 0 Å². The summed E-state index contributed by atoms with van der Waals surface area (Å²) in [5.74, 6) is 0.686. The summed E-state index contributed by atoms with van der Waals surface area (Å²) in [4.78, 5) is 28.3. The van der Waals surface area contributed by atoms with E-state index in [1.165, 1.54) is 24.3 Å². The summed E-state index contributed by atoms with van der Waals surface area (Å²) in [6.45, 7) is 5.87. The molecule has 7 heteroatoms. The van der Waals surface area contributed by atoms with Gasteiger partial charge in [0.2, 0.25) is 5.78 Å². The Bertz CT molecular complexity index is 1250. The first kappa shape index (κ1) is 22.4. The molecule has 174 valence electrons. The number of para-hydroxylation sites is 1. The SMILES string of the molecule is C=C[C@H]1C[N@+]2(CC(=O)c3ccc([N+](=O)[O-])cc3)CC[C@H]1C[C@H]2[C@@H](O)c1ccnc2ccccc12. The van der Waals surface area contributed by atoms with Gasteiger partial charge >= 0.3 is 0 Å². The molecule has 0 radical (unpaired) electrons. The second kappa shape index (κ2) is 8.74. The Morgan fingerprint density at radius 3 is 2.74 bits per heavy atom. The molecule has 3 saturated heterocycles. The Hall–Kier alpha value is -3.42. The average Bonchev–Trinajstić information content (AvgIpc) is 2.87. The number of nitro benzene ring substituents is 1. The zero-order chi connectivity index (χ0) is 23.9. The van der Waals surface area contributed by atoms with E-state index in [2.05, 4.69) is 11.6 Å². The van der Waals surface area contributed by atoms with Crippen molar-refractivity contribution in [3.8, 4) is 0 Å². The average molecular weight is 459 g/mol. The number of quaternary nitrogens is 1. The number of pyridine rings is 1. The molecule has 2 bridgehead atoms. The molecule has 1 aromatic heterocycles. The molecule has 1 N–H and O–H groups in total. The topological polar surface area (TPSA) is 93.3 Å². The molecule has 3 aliphatic rings. The van der Waals surface area contributed by atoms with Crippen LogP contribution < -0.4 is 0 Å². The van der Waals surface area contributed by atoms with E-state index in [1.54, 1.807) is 6.20 Å². The molecule has 0 unspecified atom stereocenters. The smallest absolute Gasteiger partial charge is 0.269 e. The van der Waals surface area contributed by atoms with Crippen molar-refractivity contribution in [1.82, 2.24) is 4.98 Å². The number of hydrogen-bond acceptors (Lipinski definition) is 5. The van der Waals surface area contributed by atoms with Crippen LogP contribution in [-0.2, 0) is 0 Å². The molecule has 2 aromatic carbocycles. The first-order valence-electron chi connectivity index (χ1n) is 11.7. The van der Waals surface area contributed by atoms with E-state index in [1.807, 2.05) is 36.4 Å². The molecular formula is C27H28N3O4+. The number of ketones is 1. The normalized spacial score (nSPS) is 26.8. The van der Waals surface area contributed by atoms with Gasteiger partial charge in [-0.05, 0) is 35.7 Å². The van der Waals surface area contributed by atoms with E-state index >= 15 is 0 Å². The van der Waals surface area contributed by atoms with Gasteiger partial charge < -0.3 is 9.59 Å². The Morgan fingerprint density at radius 1 is 1.24 bits per heavy atom. The lowest BCUT2D eigenvalue weighted by Crippen LogP contribution is -2.69. The Labute approximate surface area is 198 Å². The van der Waals surface area contributed by atoms with Gasteiger partial charge in [0.1, 0.15) is 18.7 Å². The van der Waals surface area contributed by atoms with Gasteiger partial charge in [-0.15, -0.1) is 6.58 Å². The molecule has 34 heavy (non-hydrogen) atoms. The van der Waals surface area contributed by atoms with Gasteiger partial charge in [-0.2, -0.15) is 0 Å². The third-order valence-corrected chi connectivity index (χ3v) is 7.90. The minimum atomic E-state index is -0.730. The van der Waals surface area contributed by atoms with Crippen molar-refractivity contribution < 1.29 is 19.3 Å². The monoisotopic (exact) mass is 458 g/mol. The third-order valence-electron chi connectivity index (χ3n) is 7.90. The Balaban J connectivity index is 1.49. The number of carbonyl (C=O) groups is 1. The second-order valence-corrected chi connectivity index (χ2v) is 9.62. The van der Waals surface area contributed by atoms with Gasteiger partial charge in [-0.3, -0.25) is 19.9 Å². The van der Waals surface area contributed by atoms with Crippen LogP contribution in [0.4, 0.5) is 5.69 Å². The van der Waals surface area contributed by atoms with Crippen LogP contribution in [0.1, 0.15) is 34.9 Å². The first-order valence-corrected chi connectivity index (χ1v) is 11.7. The van der Waals surface area contributed by atoms with Gasteiger partial charge in [0, 0.05) is 48.0 Å². The molecule has 0 amide bonds. The minimum absolute atomic E-state index is 0.0352. The van der Waals surface area contributed by atoms with Crippen LogP contribution in [0, 0.1) is 22.0 Å². The third kappa shape index (κ3) is 3.81. The number of aromatic nitrogens is 1. The van der Waals surface area contributed by atoms with Crippen LogP contribution in [-0.4, -0.2) is 51.0 Å². The number of hydrogen-bond donors (Lipinski definition) is 1. The predicted octanol–water partition coefficient (Wildman–Crippen LogP) is 4.47. The Kier molecular flexibility index (Phi) is 5.75. The van der Waals surface area contributed by atoms with Crippen LogP contribution in [0.2, 0.25) is 0 Å². The lowest BCUT2D eigenvalue weighted by atomic mass is 9.71. The van der Waals surface area contributed by atoms with Gasteiger partial charge in [0.05, 0.1) is 23.5 Å². The number of nitrogens with zero attached hydrogens (tertiary/aromatic N) is 3. The molecule has 4 heterocycles. The van der Waals surface area contributed by atoms with Crippen molar-refractivity contribution in [1.29, 1.82) is 0 Å². The molecule has 7 nitrogen and oxygen atoms in total. The van der Waals surface area contributed by atoms with Crippen LogP contribution in [0.5, 0.6) is 0 Å². The van der Waals surface area contributed by atoms with Crippen molar-refractivity contribution in [2.24, 2.45) is 11.8 Å². The van der Waals surface area contributed by atoms with E-state index in [4.69, 9.17) is 0 Å². The number of aliphatic hydroxyl groups excluding tert-OH is 1. The number of benzene rings is 2. The number of fused-ring (bicyclic) bond motifs is 4. The highest BCUT2D eigenvalue weighted by Gasteiger charge is 2.54. The molecule has 0 aliphatic carbocycles. The molecule has 3 fully saturated rings. The molecule has 3 aromatic rings. The van der Waals surface area contributed by atoms with Crippen LogP contribution in [0.25, 0.3) is 10.9 Å². The fourth-order valence-corrected chi connectivity index (χ4v) is 6.11. The molecule has 0 saturated carbocycles. The number of piperidine rings is 3. The van der Waals surface area contributed by atoms with E-state index in [-0.39, 0.29) is 24.1 Å². The standard InChI is InChI=1S/C27H28N3O4/c1-2-18-16-30(17-26(31)19-7-9-21(10-8-19)29(33)34)14-12-20(18)15-25(30)27(32)23-11-13-28-24-6-4-3-5-22(23)24/h2-11,13,18,20,25,27,32H,1,12,14-17H2/q+1/t18-,20-,25-,27-,30-/m0/s1. The largest absolute Gasteiger partial charge is 0.382 e. The first-order chi connectivity index (χ1) is 16.4. The van der Waals surface area contributed by atoms with Crippen molar-refractivity contribution in [2.75, 3.05) is 19.6 Å². The number of non-ortho nitro benzene ring substituents is 1. The lowest BCUT2D eigenvalue weighted by molar-refractivity contribution is -0.966. The van der Waals surface area contributed by atoms with Crippen molar-refractivity contribution in [2.45, 2.75) is 25.0 Å². The van der Waals surface area contributed by atoms with Gasteiger partial charge in [-0.25, -0.2) is 0 Å². The van der Waals surface area contributed by atoms with Crippen molar-refractivity contribution in [3.05, 3.63) is 94.7 Å². The second-order valence-electron chi connectivity index (χ2n) is 9.62. The summed E-state index contributed by atoms with van der Waals surface area (Å²) >= 11 is 0. The van der Waals surface area contributed by atoms with Crippen molar-refractivity contribution >= 4 is 22.4 Å². The number of rotatable bonds is 7. The van der Waals surface area contributed by atoms with E-state index < -0.39 is 11.0 Å². The zero-order valence-corrected chi connectivity index (χ0v) is 18.9. The lowest BCUT2D eigenvalue weighted by Gasteiger charge is -2.57. The summed E-state index contributed by atoms with van der Waals surface area (Å²) in [6.07, 6.45) is 4.81. The fraction of sp³-hybridized carbons (Fsp3) is 0.333. The van der Waals surface area contributed by atoms with Gasteiger partial charge in [-0.1, -0.05) is 24.3 Å². The Morgan fingerprint density at radius 2 is 2.00 bits per heavy atom. The quantitative estimate of drug-likeness (QED) is 0.185. The van der Waals surface area contributed by atoms with Gasteiger partial charge in [0.15, 0.2) is 0 Å². The maximum Gasteiger partial charge on any atom is 0.269 e. The number of nitro groups is 1. The number of carbonyl (C=O) groups excluding carboxylic acids is 1.